The van der Waals surface area contributed by atoms with Crippen LogP contribution in [-0.4, -0.2) is 41.9 Å². The lowest BCUT2D eigenvalue weighted by molar-refractivity contribution is -0.139. The van der Waals surface area contributed by atoms with E-state index >= 15 is 0 Å². The summed E-state index contributed by atoms with van der Waals surface area (Å²) < 4.78 is 5.19. The van der Waals surface area contributed by atoms with E-state index in [1.165, 1.54) is 24.9 Å². The fourth-order valence-electron chi connectivity index (χ4n) is 3.48. The van der Waals surface area contributed by atoms with Crippen LogP contribution in [0, 0.1) is 13.8 Å². The molecule has 6 heteroatoms. The van der Waals surface area contributed by atoms with Crippen molar-refractivity contribution in [3.8, 4) is 0 Å². The average molecular weight is 376 g/mol. The molecule has 1 fully saturated rings. The number of carbonyl (C=O) groups is 2. The molecule has 0 radical (unpaired) electrons. The number of alkyl carbamates (subject to hydrolysis) is 1. The third-order valence-corrected chi connectivity index (χ3v) is 4.80. The second kappa shape index (κ2) is 8.63. The standard InChI is InChI=1S/C21H32N2O4/c1-14-11-16(23-9-7-6-8-10-23)12-15(2)17(14)13-18(19(24)25)22-20(26)27-21(3,4)5/h11-12,18H,6-10,13H2,1-5H3,(H,22,26)(H,24,25). The second-order valence-electron chi connectivity index (χ2n) is 8.35. The molecule has 0 saturated carbocycles. The third-order valence-electron chi connectivity index (χ3n) is 4.80. The minimum absolute atomic E-state index is 0.229. The van der Waals surface area contributed by atoms with Crippen LogP contribution >= 0.6 is 0 Å². The summed E-state index contributed by atoms with van der Waals surface area (Å²) in [6, 6.07) is 3.22. The van der Waals surface area contributed by atoms with Crippen LogP contribution in [0.1, 0.15) is 56.7 Å². The first-order valence-corrected chi connectivity index (χ1v) is 9.64. The molecule has 1 aliphatic rings. The molecule has 0 aliphatic carbocycles. The minimum atomic E-state index is -1.07. The van der Waals surface area contributed by atoms with Gasteiger partial charge < -0.3 is 20.1 Å². The van der Waals surface area contributed by atoms with Gasteiger partial charge in [-0.15, -0.1) is 0 Å². The van der Waals surface area contributed by atoms with Gasteiger partial charge in [0.15, 0.2) is 0 Å². The topological polar surface area (TPSA) is 78.9 Å². The van der Waals surface area contributed by atoms with Crippen molar-refractivity contribution in [3.63, 3.8) is 0 Å². The molecule has 1 atom stereocenters. The molecule has 27 heavy (non-hydrogen) atoms. The van der Waals surface area contributed by atoms with Crippen molar-refractivity contribution in [2.24, 2.45) is 0 Å². The Bertz CT molecular complexity index is 665. The molecule has 6 nitrogen and oxygen atoms in total. The predicted molar refractivity (Wildman–Crippen MR) is 106 cm³/mol. The first-order valence-electron chi connectivity index (χ1n) is 9.64. The van der Waals surface area contributed by atoms with Crippen LogP contribution in [0.2, 0.25) is 0 Å². The largest absolute Gasteiger partial charge is 0.480 e. The summed E-state index contributed by atoms with van der Waals surface area (Å²) in [4.78, 5) is 26.0. The Morgan fingerprint density at radius 2 is 1.70 bits per heavy atom. The maximum Gasteiger partial charge on any atom is 0.408 e. The Balaban J connectivity index is 2.15. The van der Waals surface area contributed by atoms with Crippen LogP contribution in [0.5, 0.6) is 0 Å². The highest BCUT2D eigenvalue weighted by Gasteiger charge is 2.25. The Hall–Kier alpha value is -2.24. The van der Waals surface area contributed by atoms with E-state index in [0.717, 1.165) is 29.8 Å². The number of aryl methyl sites for hydroxylation is 2. The van der Waals surface area contributed by atoms with Gasteiger partial charge in [-0.05, 0) is 82.7 Å². The van der Waals surface area contributed by atoms with Gasteiger partial charge in [0.25, 0.3) is 0 Å². The summed E-state index contributed by atoms with van der Waals surface area (Å²) in [6.07, 6.45) is 3.21. The quantitative estimate of drug-likeness (QED) is 0.817. The molecule has 1 heterocycles. The van der Waals surface area contributed by atoms with Crippen molar-refractivity contribution in [2.75, 3.05) is 18.0 Å². The Morgan fingerprint density at radius 3 is 2.19 bits per heavy atom. The first-order chi connectivity index (χ1) is 12.6. The molecule has 1 aromatic rings. The van der Waals surface area contributed by atoms with Gasteiger partial charge in [0.2, 0.25) is 0 Å². The molecule has 2 rings (SSSR count). The summed E-state index contributed by atoms with van der Waals surface area (Å²) in [7, 11) is 0. The number of nitrogens with zero attached hydrogens (tertiary/aromatic N) is 1. The number of carboxylic acids is 1. The number of hydrogen-bond donors (Lipinski definition) is 2. The second-order valence-corrected chi connectivity index (χ2v) is 8.35. The van der Waals surface area contributed by atoms with Crippen LogP contribution in [0.4, 0.5) is 10.5 Å². The SMILES string of the molecule is Cc1cc(N2CCCCC2)cc(C)c1CC(NC(=O)OC(C)(C)C)C(=O)O. The van der Waals surface area contributed by atoms with E-state index in [4.69, 9.17) is 4.74 Å². The van der Waals surface area contributed by atoms with Crippen LogP contribution in [-0.2, 0) is 16.0 Å². The van der Waals surface area contributed by atoms with Gasteiger partial charge in [0.05, 0.1) is 0 Å². The molecular weight excluding hydrogens is 344 g/mol. The lowest BCUT2D eigenvalue weighted by Gasteiger charge is -2.30. The number of nitrogens with one attached hydrogen (secondary N) is 1. The highest BCUT2D eigenvalue weighted by molar-refractivity contribution is 5.80. The van der Waals surface area contributed by atoms with Gasteiger partial charge in [-0.25, -0.2) is 9.59 Å². The highest BCUT2D eigenvalue weighted by atomic mass is 16.6. The predicted octanol–water partition coefficient (Wildman–Crippen LogP) is 3.81. The van der Waals surface area contributed by atoms with E-state index in [0.29, 0.717) is 0 Å². The molecule has 1 aliphatic heterocycles. The van der Waals surface area contributed by atoms with Gasteiger partial charge in [0, 0.05) is 25.2 Å². The van der Waals surface area contributed by atoms with E-state index in [9.17, 15) is 14.7 Å². The Kier molecular flexibility index (Phi) is 6.73. The molecule has 1 amide bonds. The molecule has 1 unspecified atom stereocenters. The van der Waals surface area contributed by atoms with Crippen molar-refractivity contribution in [1.82, 2.24) is 5.32 Å². The zero-order valence-electron chi connectivity index (χ0n) is 17.1. The molecule has 150 valence electrons. The summed E-state index contributed by atoms with van der Waals surface area (Å²) >= 11 is 0. The van der Waals surface area contributed by atoms with E-state index in [2.05, 4.69) is 22.3 Å². The van der Waals surface area contributed by atoms with Gasteiger partial charge >= 0.3 is 12.1 Å². The van der Waals surface area contributed by atoms with Crippen LogP contribution in [0.15, 0.2) is 12.1 Å². The summed E-state index contributed by atoms with van der Waals surface area (Å²) in [5.41, 5.74) is 3.58. The van der Waals surface area contributed by atoms with Crippen molar-refractivity contribution in [1.29, 1.82) is 0 Å². The average Bonchev–Trinajstić information content (AvgIpc) is 2.55. The number of carbonyl (C=O) groups excluding carboxylic acids is 1. The normalized spacial score (nSPS) is 16.0. The number of benzene rings is 1. The molecule has 2 N–H and O–H groups in total. The molecule has 0 aromatic heterocycles. The van der Waals surface area contributed by atoms with Gasteiger partial charge in [-0.3, -0.25) is 0 Å². The fourth-order valence-corrected chi connectivity index (χ4v) is 3.48. The summed E-state index contributed by atoms with van der Waals surface area (Å²) in [5.74, 6) is -1.07. The van der Waals surface area contributed by atoms with Gasteiger partial charge in [-0.2, -0.15) is 0 Å². The van der Waals surface area contributed by atoms with E-state index in [1.54, 1.807) is 20.8 Å². The molecular formula is C21H32N2O4. The van der Waals surface area contributed by atoms with Gasteiger partial charge in [0.1, 0.15) is 11.6 Å². The Labute approximate surface area is 161 Å². The third kappa shape index (κ3) is 6.15. The van der Waals surface area contributed by atoms with E-state index in [-0.39, 0.29) is 6.42 Å². The lowest BCUT2D eigenvalue weighted by atomic mass is 9.95. The smallest absolute Gasteiger partial charge is 0.408 e. The molecule has 1 aromatic carbocycles. The Morgan fingerprint density at radius 1 is 1.15 bits per heavy atom. The summed E-state index contributed by atoms with van der Waals surface area (Å²) in [5, 5.41) is 12.0. The monoisotopic (exact) mass is 376 g/mol. The minimum Gasteiger partial charge on any atom is -0.480 e. The van der Waals surface area contributed by atoms with Crippen molar-refractivity contribution >= 4 is 17.7 Å². The van der Waals surface area contributed by atoms with Crippen molar-refractivity contribution in [3.05, 3.63) is 28.8 Å². The van der Waals surface area contributed by atoms with Crippen molar-refractivity contribution in [2.45, 2.75) is 71.9 Å². The van der Waals surface area contributed by atoms with E-state index < -0.39 is 23.7 Å². The number of carboxylic acid groups (broad SMARTS) is 1. The molecule has 0 bridgehead atoms. The van der Waals surface area contributed by atoms with Crippen LogP contribution < -0.4 is 10.2 Å². The van der Waals surface area contributed by atoms with Crippen LogP contribution in [0.25, 0.3) is 0 Å². The number of hydrogen-bond acceptors (Lipinski definition) is 4. The number of piperidine rings is 1. The number of aliphatic carboxylic acids is 1. The summed E-state index contributed by atoms with van der Waals surface area (Å²) in [6.45, 7) is 11.4. The first kappa shape index (κ1) is 21.1. The van der Waals surface area contributed by atoms with E-state index in [1.807, 2.05) is 13.8 Å². The zero-order chi connectivity index (χ0) is 20.2. The maximum atomic E-state index is 12.0. The number of ether oxygens (including phenoxy) is 1. The lowest BCUT2D eigenvalue weighted by Crippen LogP contribution is -2.44. The zero-order valence-corrected chi connectivity index (χ0v) is 17.1. The maximum absolute atomic E-state index is 12.0. The highest BCUT2D eigenvalue weighted by Crippen LogP contribution is 2.26. The van der Waals surface area contributed by atoms with Crippen LogP contribution in [0.3, 0.4) is 0 Å². The molecule has 0 spiro atoms. The number of anilines is 1. The number of amides is 1. The number of rotatable bonds is 5. The van der Waals surface area contributed by atoms with Crippen molar-refractivity contribution < 1.29 is 19.4 Å². The van der Waals surface area contributed by atoms with Gasteiger partial charge in [-0.1, -0.05) is 0 Å². The fraction of sp³-hybridized carbons (Fsp3) is 0.619. The molecule has 1 saturated heterocycles.